The second-order valence-electron chi connectivity index (χ2n) is 6.94. The molecule has 0 saturated heterocycles. The Hall–Kier alpha value is -4.00. The highest BCUT2D eigenvalue weighted by molar-refractivity contribution is 5.95. The summed E-state index contributed by atoms with van der Waals surface area (Å²) in [4.78, 5) is 9.00. The molecule has 0 aliphatic carbocycles. The van der Waals surface area contributed by atoms with Gasteiger partial charge in [-0.05, 0) is 53.6 Å². The molecule has 0 amide bonds. The van der Waals surface area contributed by atoms with Crippen molar-refractivity contribution in [2.24, 2.45) is 0 Å². The zero-order valence-electron chi connectivity index (χ0n) is 18.6. The number of methoxy groups -OCH3 is 5. The molecule has 7 heteroatoms. The molecule has 32 heavy (non-hydrogen) atoms. The molecule has 0 N–H and O–H groups in total. The van der Waals surface area contributed by atoms with Crippen molar-refractivity contribution in [2.45, 2.75) is 0 Å². The molecule has 0 atom stereocenters. The first-order valence-corrected chi connectivity index (χ1v) is 9.91. The fourth-order valence-corrected chi connectivity index (χ4v) is 3.70. The van der Waals surface area contributed by atoms with Gasteiger partial charge in [-0.3, -0.25) is 0 Å². The number of rotatable bonds is 7. The average Bonchev–Trinajstić information content (AvgIpc) is 2.86. The van der Waals surface area contributed by atoms with Gasteiger partial charge in [0.1, 0.15) is 6.33 Å². The fourth-order valence-electron chi connectivity index (χ4n) is 3.70. The molecule has 0 unspecified atom stereocenters. The Kier molecular flexibility index (Phi) is 5.98. The van der Waals surface area contributed by atoms with Crippen molar-refractivity contribution < 1.29 is 23.7 Å². The molecule has 0 fully saturated rings. The van der Waals surface area contributed by atoms with Crippen molar-refractivity contribution in [1.29, 1.82) is 0 Å². The maximum atomic E-state index is 5.51. The minimum Gasteiger partial charge on any atom is -0.493 e. The first-order chi connectivity index (χ1) is 15.6. The van der Waals surface area contributed by atoms with Gasteiger partial charge in [0.15, 0.2) is 23.0 Å². The van der Waals surface area contributed by atoms with Crippen LogP contribution in [-0.4, -0.2) is 45.5 Å². The van der Waals surface area contributed by atoms with Crippen LogP contribution >= 0.6 is 0 Å². The quantitative estimate of drug-likeness (QED) is 0.407. The van der Waals surface area contributed by atoms with Crippen LogP contribution in [0.2, 0.25) is 0 Å². The van der Waals surface area contributed by atoms with Gasteiger partial charge in [-0.25, -0.2) is 9.97 Å². The summed E-state index contributed by atoms with van der Waals surface area (Å²) in [6, 6.07) is 15.6. The number of aromatic nitrogens is 2. The van der Waals surface area contributed by atoms with Crippen molar-refractivity contribution in [3.63, 3.8) is 0 Å². The molecule has 1 aromatic heterocycles. The molecule has 0 radical (unpaired) electrons. The highest BCUT2D eigenvalue weighted by Gasteiger charge is 2.16. The zero-order valence-corrected chi connectivity index (χ0v) is 18.6. The summed E-state index contributed by atoms with van der Waals surface area (Å²) < 4.78 is 27.3. The molecule has 164 valence electrons. The van der Waals surface area contributed by atoms with Crippen molar-refractivity contribution in [3.05, 3.63) is 54.9 Å². The fraction of sp³-hybridized carbons (Fsp3) is 0.200. The Morgan fingerprint density at radius 2 is 1.16 bits per heavy atom. The number of nitrogens with zero attached hydrogens (tertiary/aromatic N) is 2. The second kappa shape index (κ2) is 9.01. The number of ether oxygens (including phenoxy) is 5. The molecule has 4 aromatic rings. The van der Waals surface area contributed by atoms with E-state index in [-0.39, 0.29) is 0 Å². The third-order valence-electron chi connectivity index (χ3n) is 5.29. The molecule has 1 heterocycles. The lowest BCUT2D eigenvalue weighted by molar-refractivity contribution is 0.324. The van der Waals surface area contributed by atoms with Crippen LogP contribution in [0.3, 0.4) is 0 Å². The van der Waals surface area contributed by atoms with Crippen LogP contribution in [0.1, 0.15) is 0 Å². The lowest BCUT2D eigenvalue weighted by Gasteiger charge is -2.15. The minimum atomic E-state index is 0.550. The Balaban J connectivity index is 1.89. The average molecular weight is 432 g/mol. The van der Waals surface area contributed by atoms with Crippen molar-refractivity contribution >= 4 is 10.9 Å². The van der Waals surface area contributed by atoms with Crippen LogP contribution in [0.4, 0.5) is 0 Å². The Labute approximate surface area is 186 Å². The van der Waals surface area contributed by atoms with Crippen LogP contribution in [-0.2, 0) is 0 Å². The van der Waals surface area contributed by atoms with E-state index < -0.39 is 0 Å². The first kappa shape index (κ1) is 21.2. The van der Waals surface area contributed by atoms with E-state index in [4.69, 9.17) is 23.7 Å². The zero-order chi connectivity index (χ0) is 22.7. The van der Waals surface area contributed by atoms with Crippen LogP contribution in [0.5, 0.6) is 28.7 Å². The summed E-state index contributed by atoms with van der Waals surface area (Å²) in [5.74, 6) is 3.02. The second-order valence-corrected chi connectivity index (χ2v) is 6.94. The number of benzene rings is 3. The molecule has 0 saturated carbocycles. The smallest absolute Gasteiger partial charge is 0.203 e. The topological polar surface area (TPSA) is 71.9 Å². The van der Waals surface area contributed by atoms with Crippen LogP contribution < -0.4 is 23.7 Å². The van der Waals surface area contributed by atoms with Crippen LogP contribution in [0.25, 0.3) is 33.3 Å². The monoisotopic (exact) mass is 432 g/mol. The van der Waals surface area contributed by atoms with Gasteiger partial charge in [-0.15, -0.1) is 0 Å². The van der Waals surface area contributed by atoms with E-state index in [1.807, 2.05) is 42.5 Å². The van der Waals surface area contributed by atoms with E-state index in [0.29, 0.717) is 28.7 Å². The molecule has 3 aromatic carbocycles. The van der Waals surface area contributed by atoms with Crippen molar-refractivity contribution in [2.75, 3.05) is 35.5 Å². The van der Waals surface area contributed by atoms with Gasteiger partial charge in [0.05, 0.1) is 46.8 Å². The van der Waals surface area contributed by atoms with Crippen LogP contribution in [0, 0.1) is 0 Å². The highest BCUT2D eigenvalue weighted by atomic mass is 16.5. The molecular formula is C25H24N2O5. The lowest BCUT2D eigenvalue weighted by Crippen LogP contribution is -1.96. The largest absolute Gasteiger partial charge is 0.493 e. The van der Waals surface area contributed by atoms with E-state index in [0.717, 1.165) is 33.3 Å². The van der Waals surface area contributed by atoms with Gasteiger partial charge >= 0.3 is 0 Å². The maximum absolute atomic E-state index is 5.51. The number of hydrogen-bond donors (Lipinski definition) is 0. The summed E-state index contributed by atoms with van der Waals surface area (Å²) in [5.41, 5.74) is 4.42. The lowest BCUT2D eigenvalue weighted by atomic mass is 9.99. The van der Waals surface area contributed by atoms with Gasteiger partial charge in [-0.2, -0.15) is 0 Å². The van der Waals surface area contributed by atoms with E-state index in [1.165, 1.54) is 0 Å². The molecule has 0 bridgehead atoms. The van der Waals surface area contributed by atoms with Gasteiger partial charge in [0.25, 0.3) is 0 Å². The summed E-state index contributed by atoms with van der Waals surface area (Å²) in [6.45, 7) is 0. The van der Waals surface area contributed by atoms with Gasteiger partial charge in [0.2, 0.25) is 5.75 Å². The Bertz CT molecular complexity index is 1250. The Morgan fingerprint density at radius 1 is 0.531 bits per heavy atom. The summed E-state index contributed by atoms with van der Waals surface area (Å²) in [7, 11) is 8.02. The predicted octanol–water partition coefficient (Wildman–Crippen LogP) is 5.01. The van der Waals surface area contributed by atoms with E-state index in [9.17, 15) is 0 Å². The predicted molar refractivity (Wildman–Crippen MR) is 123 cm³/mol. The van der Waals surface area contributed by atoms with E-state index in [1.54, 1.807) is 41.9 Å². The van der Waals surface area contributed by atoms with Crippen molar-refractivity contribution in [3.8, 4) is 51.1 Å². The summed E-state index contributed by atoms with van der Waals surface area (Å²) in [5, 5.41) is 0.908. The molecule has 0 aliphatic heterocycles. The third kappa shape index (κ3) is 3.73. The molecule has 0 spiro atoms. The Morgan fingerprint density at radius 3 is 1.78 bits per heavy atom. The van der Waals surface area contributed by atoms with Gasteiger partial charge in [0, 0.05) is 10.9 Å². The van der Waals surface area contributed by atoms with Crippen molar-refractivity contribution in [1.82, 2.24) is 9.97 Å². The van der Waals surface area contributed by atoms with Crippen LogP contribution in [0.15, 0.2) is 54.9 Å². The number of fused-ring (bicyclic) bond motifs is 1. The maximum Gasteiger partial charge on any atom is 0.203 e. The molecule has 7 nitrogen and oxygen atoms in total. The molecular weight excluding hydrogens is 408 g/mol. The normalized spacial score (nSPS) is 10.7. The summed E-state index contributed by atoms with van der Waals surface area (Å²) >= 11 is 0. The van der Waals surface area contributed by atoms with E-state index in [2.05, 4.69) is 16.0 Å². The summed E-state index contributed by atoms with van der Waals surface area (Å²) in [6.07, 6.45) is 1.56. The molecule has 0 aliphatic rings. The standard InChI is InChI=1S/C25H24N2O5/c1-28-20-9-7-16(11-21(20)29-2)24-18-10-15(6-8-19(18)26-14-27-24)17-12-22(30-3)25(32-5)23(13-17)31-4/h6-14H,1-5H3. The number of hydrogen-bond acceptors (Lipinski definition) is 7. The highest BCUT2D eigenvalue weighted by Crippen LogP contribution is 2.42. The molecule has 4 rings (SSSR count). The SMILES string of the molecule is COc1ccc(-c2ncnc3ccc(-c4cc(OC)c(OC)c(OC)c4)cc23)cc1OC. The minimum absolute atomic E-state index is 0.550. The van der Waals surface area contributed by atoms with Gasteiger partial charge in [-0.1, -0.05) is 6.07 Å². The first-order valence-electron chi connectivity index (χ1n) is 9.91. The third-order valence-corrected chi connectivity index (χ3v) is 5.29. The van der Waals surface area contributed by atoms with E-state index >= 15 is 0 Å². The van der Waals surface area contributed by atoms with Gasteiger partial charge < -0.3 is 23.7 Å².